The average Bonchev–Trinajstić information content (AvgIpc) is 2.49. The Hall–Kier alpha value is -1.04. The highest BCUT2D eigenvalue weighted by Crippen LogP contribution is 2.37. The van der Waals surface area contributed by atoms with Crippen molar-refractivity contribution in [1.29, 1.82) is 0 Å². The van der Waals surface area contributed by atoms with Gasteiger partial charge in [0, 0.05) is 23.0 Å². The topological polar surface area (TPSA) is 32.3 Å². The van der Waals surface area contributed by atoms with Crippen LogP contribution in [0.15, 0.2) is 45.8 Å². The highest BCUT2D eigenvalue weighted by molar-refractivity contribution is 9.10. The quantitative estimate of drug-likeness (QED) is 0.829. The van der Waals surface area contributed by atoms with Crippen molar-refractivity contribution < 1.29 is 9.50 Å². The molecule has 1 aliphatic rings. The van der Waals surface area contributed by atoms with E-state index in [0.717, 1.165) is 28.2 Å². The Morgan fingerprint density at radius 3 is 3.05 bits per heavy atom. The molecule has 1 unspecified atom stereocenters. The molecule has 0 aliphatic carbocycles. The monoisotopic (exact) mass is 367 g/mol. The number of phenols is 1. The normalized spacial score (nSPS) is 17.5. The van der Waals surface area contributed by atoms with Gasteiger partial charge in [0.25, 0.3) is 0 Å². The third kappa shape index (κ3) is 3.25. The van der Waals surface area contributed by atoms with Crippen LogP contribution in [-0.2, 0) is 6.54 Å². The summed E-state index contributed by atoms with van der Waals surface area (Å²) in [5.41, 5.74) is 1.85. The fourth-order valence-corrected chi connectivity index (χ4v) is 4.03. The van der Waals surface area contributed by atoms with Crippen molar-refractivity contribution in [1.82, 2.24) is 5.32 Å². The Kier molecular flexibility index (Phi) is 4.52. The van der Waals surface area contributed by atoms with Gasteiger partial charge in [-0.05, 0) is 57.9 Å². The average molecular weight is 368 g/mol. The molecule has 0 aromatic heterocycles. The van der Waals surface area contributed by atoms with Gasteiger partial charge in [-0.1, -0.05) is 12.1 Å². The minimum atomic E-state index is -0.201. The maximum absolute atomic E-state index is 13.5. The van der Waals surface area contributed by atoms with E-state index in [0.29, 0.717) is 11.0 Å². The van der Waals surface area contributed by atoms with Gasteiger partial charge in [0.2, 0.25) is 0 Å². The summed E-state index contributed by atoms with van der Waals surface area (Å²) in [6.45, 7) is 0.552. The van der Waals surface area contributed by atoms with Gasteiger partial charge >= 0.3 is 0 Å². The van der Waals surface area contributed by atoms with Crippen molar-refractivity contribution in [2.24, 2.45) is 0 Å². The number of rotatable bonds is 3. The molecule has 1 aliphatic heterocycles. The highest BCUT2D eigenvalue weighted by atomic mass is 79.9. The number of para-hydroxylation sites is 1. The van der Waals surface area contributed by atoms with Crippen molar-refractivity contribution in [2.75, 3.05) is 5.75 Å². The maximum Gasteiger partial charge on any atom is 0.134 e. The van der Waals surface area contributed by atoms with Crippen LogP contribution in [0.5, 0.6) is 5.75 Å². The molecule has 5 heteroatoms. The number of aromatic hydroxyl groups is 1. The van der Waals surface area contributed by atoms with E-state index in [-0.39, 0.29) is 17.6 Å². The Morgan fingerprint density at radius 1 is 1.33 bits per heavy atom. The molecule has 0 bridgehead atoms. The van der Waals surface area contributed by atoms with E-state index >= 15 is 0 Å². The summed E-state index contributed by atoms with van der Waals surface area (Å²) in [7, 11) is 0. The number of benzene rings is 2. The first-order chi connectivity index (χ1) is 10.1. The zero-order valence-corrected chi connectivity index (χ0v) is 13.7. The molecule has 0 fully saturated rings. The van der Waals surface area contributed by atoms with Gasteiger partial charge in [-0.3, -0.25) is 0 Å². The summed E-state index contributed by atoms with van der Waals surface area (Å²) in [6, 6.07) is 10.7. The number of nitrogens with one attached hydrogen (secondary N) is 1. The van der Waals surface area contributed by atoms with Crippen molar-refractivity contribution in [3.8, 4) is 5.75 Å². The number of fused-ring (bicyclic) bond motifs is 1. The lowest BCUT2D eigenvalue weighted by molar-refractivity contribution is 0.450. The van der Waals surface area contributed by atoms with Gasteiger partial charge in [-0.15, -0.1) is 11.8 Å². The Morgan fingerprint density at radius 2 is 2.19 bits per heavy atom. The molecule has 2 aromatic rings. The van der Waals surface area contributed by atoms with Crippen molar-refractivity contribution in [3.05, 3.63) is 57.8 Å². The van der Waals surface area contributed by atoms with Crippen molar-refractivity contribution in [2.45, 2.75) is 23.9 Å². The second-order valence-corrected chi connectivity index (χ2v) is 6.99. The van der Waals surface area contributed by atoms with Crippen LogP contribution in [0, 0.1) is 5.82 Å². The van der Waals surface area contributed by atoms with E-state index < -0.39 is 0 Å². The number of halogens is 2. The lowest BCUT2D eigenvalue weighted by Gasteiger charge is -2.26. The van der Waals surface area contributed by atoms with E-state index in [1.165, 1.54) is 6.07 Å². The molecule has 0 saturated carbocycles. The highest BCUT2D eigenvalue weighted by Gasteiger charge is 2.21. The molecule has 2 N–H and O–H groups in total. The first-order valence-corrected chi connectivity index (χ1v) is 8.55. The lowest BCUT2D eigenvalue weighted by Crippen LogP contribution is -2.24. The molecule has 110 valence electrons. The molecular formula is C16H15BrFNOS. The van der Waals surface area contributed by atoms with E-state index in [2.05, 4.69) is 21.2 Å². The minimum Gasteiger partial charge on any atom is -0.506 e. The van der Waals surface area contributed by atoms with Crippen LogP contribution in [0.1, 0.15) is 23.6 Å². The van der Waals surface area contributed by atoms with Crippen LogP contribution in [0.4, 0.5) is 4.39 Å². The molecule has 0 amide bonds. The molecule has 2 aromatic carbocycles. The summed E-state index contributed by atoms with van der Waals surface area (Å²) in [5, 5.41) is 13.4. The van der Waals surface area contributed by atoms with Gasteiger partial charge in [-0.25, -0.2) is 4.39 Å². The zero-order chi connectivity index (χ0) is 14.8. The molecule has 3 rings (SSSR count). The molecule has 21 heavy (non-hydrogen) atoms. The van der Waals surface area contributed by atoms with Crippen LogP contribution >= 0.6 is 27.7 Å². The van der Waals surface area contributed by atoms with Crippen molar-refractivity contribution >= 4 is 27.7 Å². The predicted molar refractivity (Wildman–Crippen MR) is 87.1 cm³/mol. The molecule has 2 nitrogen and oxygen atoms in total. The Bertz CT molecular complexity index is 665. The summed E-state index contributed by atoms with van der Waals surface area (Å²) in [5.74, 6) is 1.07. The molecule has 0 radical (unpaired) electrons. The van der Waals surface area contributed by atoms with Gasteiger partial charge in [0.05, 0.1) is 4.47 Å². The molecule has 0 spiro atoms. The maximum atomic E-state index is 13.5. The fraction of sp³-hybridized carbons (Fsp3) is 0.250. The van der Waals surface area contributed by atoms with E-state index in [1.54, 1.807) is 23.9 Å². The summed E-state index contributed by atoms with van der Waals surface area (Å²) < 4.78 is 14.2. The van der Waals surface area contributed by atoms with Crippen LogP contribution in [-0.4, -0.2) is 10.9 Å². The number of hydrogen-bond acceptors (Lipinski definition) is 3. The smallest absolute Gasteiger partial charge is 0.134 e. The van der Waals surface area contributed by atoms with Crippen molar-refractivity contribution in [3.63, 3.8) is 0 Å². The second-order valence-electron chi connectivity index (χ2n) is 5.00. The van der Waals surface area contributed by atoms with Gasteiger partial charge < -0.3 is 10.4 Å². The standard InChI is InChI=1S/C16H15BrFNOS/c17-13-3-1-2-10(16(13)20)9-19-14-6-7-21-15-5-4-11(18)8-12(14)15/h1-5,8,14,19-20H,6-7,9H2. The third-order valence-corrected chi connectivity index (χ3v) is 5.38. The first-order valence-electron chi connectivity index (χ1n) is 6.77. The largest absolute Gasteiger partial charge is 0.506 e. The van der Waals surface area contributed by atoms with E-state index in [9.17, 15) is 9.50 Å². The van der Waals surface area contributed by atoms with E-state index in [1.807, 2.05) is 18.2 Å². The van der Waals surface area contributed by atoms with Gasteiger partial charge in [0.1, 0.15) is 11.6 Å². The SMILES string of the molecule is Oc1c(Br)cccc1CNC1CCSc2ccc(F)cc21. The number of thioether (sulfide) groups is 1. The lowest BCUT2D eigenvalue weighted by atomic mass is 10.0. The first kappa shape index (κ1) is 14.9. The summed E-state index contributed by atoms with van der Waals surface area (Å²) in [6.07, 6.45) is 0.954. The Labute approximate surface area is 135 Å². The van der Waals surface area contributed by atoms with Gasteiger partial charge in [-0.2, -0.15) is 0 Å². The van der Waals surface area contributed by atoms with Gasteiger partial charge in [0.15, 0.2) is 0 Å². The number of hydrogen-bond donors (Lipinski definition) is 2. The molecule has 1 atom stereocenters. The second kappa shape index (κ2) is 6.38. The summed E-state index contributed by atoms with van der Waals surface area (Å²) >= 11 is 5.08. The number of phenolic OH excluding ortho intramolecular Hbond substituents is 1. The molecule has 0 saturated heterocycles. The van der Waals surface area contributed by atoms with E-state index in [4.69, 9.17) is 0 Å². The van der Waals surface area contributed by atoms with Crippen LogP contribution in [0.25, 0.3) is 0 Å². The molecule has 1 heterocycles. The predicted octanol–water partition coefficient (Wildman–Crippen LogP) is 4.62. The third-order valence-electron chi connectivity index (χ3n) is 3.62. The molecular weight excluding hydrogens is 353 g/mol. The minimum absolute atomic E-state index is 0.121. The van der Waals surface area contributed by atoms with Crippen LogP contribution in [0.2, 0.25) is 0 Å². The zero-order valence-electron chi connectivity index (χ0n) is 11.3. The Balaban J connectivity index is 1.78. The summed E-state index contributed by atoms with van der Waals surface area (Å²) in [4.78, 5) is 1.14. The fourth-order valence-electron chi connectivity index (χ4n) is 2.51. The van der Waals surface area contributed by atoms with Crippen LogP contribution < -0.4 is 5.32 Å². The van der Waals surface area contributed by atoms with Crippen LogP contribution in [0.3, 0.4) is 0 Å².